The second-order valence-electron chi connectivity index (χ2n) is 3.73. The van der Waals surface area contributed by atoms with Crippen LogP contribution >= 0.6 is 35.1 Å². The molecule has 0 unspecified atom stereocenters. The monoisotopic (exact) mass is 309 g/mol. The van der Waals surface area contributed by atoms with Crippen molar-refractivity contribution in [1.82, 2.24) is 0 Å². The Balaban J connectivity index is 3.07. The molecule has 0 N–H and O–H groups in total. The molecule has 0 amide bonds. The summed E-state index contributed by atoms with van der Waals surface area (Å²) < 4.78 is 4.19. The molecule has 1 aromatic carbocycles. The van der Waals surface area contributed by atoms with Gasteiger partial charge in [0.05, 0.1) is 5.56 Å². The molecule has 3 nitrogen and oxygen atoms in total. The number of carbonyl (C=O) groups excluding carboxylic acids is 1. The van der Waals surface area contributed by atoms with Crippen molar-refractivity contribution in [2.75, 3.05) is 29.7 Å². The molecule has 1 rings (SSSR count). The highest BCUT2D eigenvalue weighted by atomic mass is 35.5. The molecule has 0 aliphatic carbocycles. The molecule has 0 atom stereocenters. The van der Waals surface area contributed by atoms with Gasteiger partial charge >= 0.3 is 5.97 Å². The molecule has 6 heteroatoms. The van der Waals surface area contributed by atoms with E-state index < -0.39 is 5.97 Å². The van der Waals surface area contributed by atoms with Crippen LogP contribution in [0.1, 0.15) is 15.9 Å². The summed E-state index contributed by atoms with van der Waals surface area (Å²) in [5.41, 5.74) is 2.35. The number of carbonyl (C=O) groups is 1. The van der Waals surface area contributed by atoms with E-state index in [2.05, 4.69) is 4.29 Å². The molecule has 0 fully saturated rings. The molecule has 18 heavy (non-hydrogen) atoms. The SMILES string of the molecule is Cc1ccc(C(=O)OCl)cc1N(CCCl)CCCl. The van der Waals surface area contributed by atoms with Crippen LogP contribution in [0.2, 0.25) is 0 Å². The first-order chi connectivity index (χ1) is 8.63. The van der Waals surface area contributed by atoms with E-state index in [1.165, 1.54) is 0 Å². The smallest absolute Gasteiger partial charge is 0.356 e. The van der Waals surface area contributed by atoms with E-state index in [4.69, 9.17) is 35.1 Å². The van der Waals surface area contributed by atoms with Gasteiger partial charge in [-0.3, -0.25) is 0 Å². The number of hydrogen-bond acceptors (Lipinski definition) is 3. The topological polar surface area (TPSA) is 29.5 Å². The first-order valence-corrected chi connectivity index (χ1v) is 6.82. The highest BCUT2D eigenvalue weighted by Crippen LogP contribution is 2.22. The maximum absolute atomic E-state index is 11.4. The Bertz CT molecular complexity index is 406. The van der Waals surface area contributed by atoms with E-state index in [0.717, 1.165) is 11.3 Å². The van der Waals surface area contributed by atoms with Crippen LogP contribution in [0.3, 0.4) is 0 Å². The third kappa shape index (κ3) is 3.94. The lowest BCUT2D eigenvalue weighted by Crippen LogP contribution is -2.28. The van der Waals surface area contributed by atoms with Crippen molar-refractivity contribution >= 4 is 46.7 Å². The van der Waals surface area contributed by atoms with Crippen molar-refractivity contribution < 1.29 is 9.08 Å². The van der Waals surface area contributed by atoms with Gasteiger partial charge in [0.25, 0.3) is 0 Å². The first kappa shape index (κ1) is 15.4. The molecule has 0 radical (unpaired) electrons. The van der Waals surface area contributed by atoms with Gasteiger partial charge in [0, 0.05) is 30.5 Å². The second-order valence-corrected chi connectivity index (χ2v) is 4.64. The van der Waals surface area contributed by atoms with Crippen molar-refractivity contribution in [3.63, 3.8) is 0 Å². The Hall–Kier alpha value is -0.640. The summed E-state index contributed by atoms with van der Waals surface area (Å²) in [6, 6.07) is 5.25. The molecular formula is C12H14Cl3NO2. The summed E-state index contributed by atoms with van der Waals surface area (Å²) in [7, 11) is 0. The molecule has 0 spiro atoms. The molecule has 0 saturated carbocycles. The summed E-state index contributed by atoms with van der Waals surface area (Å²) in [6.07, 6.45) is 0. The molecular weight excluding hydrogens is 296 g/mol. The fraction of sp³-hybridized carbons (Fsp3) is 0.417. The number of hydrogen-bond donors (Lipinski definition) is 0. The average molecular weight is 311 g/mol. The van der Waals surface area contributed by atoms with Crippen LogP contribution in [0.25, 0.3) is 0 Å². The quantitative estimate of drug-likeness (QED) is 0.752. The Morgan fingerprint density at radius 3 is 2.39 bits per heavy atom. The van der Waals surface area contributed by atoms with E-state index in [9.17, 15) is 4.79 Å². The number of nitrogens with zero attached hydrogens (tertiary/aromatic N) is 1. The Morgan fingerprint density at radius 2 is 1.89 bits per heavy atom. The maximum atomic E-state index is 11.4. The summed E-state index contributed by atoms with van der Waals surface area (Å²) >= 11 is 16.6. The molecule has 0 bridgehead atoms. The van der Waals surface area contributed by atoms with Gasteiger partial charge in [0.15, 0.2) is 0 Å². The number of anilines is 1. The largest absolute Gasteiger partial charge is 0.369 e. The van der Waals surface area contributed by atoms with Gasteiger partial charge in [-0.1, -0.05) is 6.07 Å². The van der Waals surface area contributed by atoms with Gasteiger partial charge in [-0.05, 0) is 24.6 Å². The lowest BCUT2D eigenvalue weighted by Gasteiger charge is -2.25. The van der Waals surface area contributed by atoms with Crippen LogP contribution in [0, 0.1) is 6.92 Å². The van der Waals surface area contributed by atoms with Crippen molar-refractivity contribution in [1.29, 1.82) is 0 Å². The third-order valence-corrected chi connectivity index (χ3v) is 3.04. The van der Waals surface area contributed by atoms with Gasteiger partial charge in [0.2, 0.25) is 0 Å². The Kier molecular flexibility index (Phi) is 6.61. The Labute approximate surface area is 122 Å². The van der Waals surface area contributed by atoms with E-state index in [-0.39, 0.29) is 0 Å². The minimum Gasteiger partial charge on any atom is -0.369 e. The summed E-state index contributed by atoms with van der Waals surface area (Å²) in [5, 5.41) is 0. The number of halogens is 3. The van der Waals surface area contributed by atoms with Crippen molar-refractivity contribution in [3.05, 3.63) is 29.3 Å². The highest BCUT2D eigenvalue weighted by Gasteiger charge is 2.13. The average Bonchev–Trinajstić information content (AvgIpc) is 2.38. The van der Waals surface area contributed by atoms with Crippen LogP contribution in [-0.4, -0.2) is 30.8 Å². The molecule has 0 heterocycles. The van der Waals surface area contributed by atoms with Crippen LogP contribution in [-0.2, 0) is 4.29 Å². The number of rotatable bonds is 6. The Morgan fingerprint density at radius 1 is 1.28 bits per heavy atom. The molecule has 100 valence electrons. The summed E-state index contributed by atoms with van der Waals surface area (Å²) in [6.45, 7) is 3.28. The van der Waals surface area contributed by atoms with E-state index >= 15 is 0 Å². The maximum Gasteiger partial charge on any atom is 0.356 e. The zero-order valence-corrected chi connectivity index (χ0v) is 12.2. The van der Waals surface area contributed by atoms with E-state index in [1.807, 2.05) is 17.9 Å². The second kappa shape index (κ2) is 7.72. The summed E-state index contributed by atoms with van der Waals surface area (Å²) in [4.78, 5) is 13.4. The number of aryl methyl sites for hydroxylation is 1. The zero-order valence-electron chi connectivity index (χ0n) is 9.96. The fourth-order valence-electron chi connectivity index (χ4n) is 1.68. The van der Waals surface area contributed by atoms with Crippen LogP contribution < -0.4 is 4.90 Å². The standard InChI is InChI=1S/C12H14Cl3NO2/c1-9-2-3-10(12(17)18-15)8-11(9)16(6-4-13)7-5-14/h2-3,8H,4-7H2,1H3. The normalized spacial score (nSPS) is 10.2. The molecule has 0 aliphatic heterocycles. The summed E-state index contributed by atoms with van der Waals surface area (Å²) in [5.74, 6) is 0.399. The lowest BCUT2D eigenvalue weighted by molar-refractivity contribution is 0.0751. The van der Waals surface area contributed by atoms with Gasteiger partial charge in [-0.2, -0.15) is 0 Å². The lowest BCUT2D eigenvalue weighted by atomic mass is 10.1. The van der Waals surface area contributed by atoms with Crippen molar-refractivity contribution in [2.45, 2.75) is 6.92 Å². The predicted molar refractivity (Wildman–Crippen MR) is 76.1 cm³/mol. The first-order valence-electron chi connectivity index (χ1n) is 5.44. The molecule has 0 saturated heterocycles. The van der Waals surface area contributed by atoms with Crippen LogP contribution in [0.5, 0.6) is 0 Å². The van der Waals surface area contributed by atoms with Gasteiger partial charge in [0.1, 0.15) is 11.9 Å². The van der Waals surface area contributed by atoms with Gasteiger partial charge in [-0.15, -0.1) is 23.2 Å². The van der Waals surface area contributed by atoms with Crippen molar-refractivity contribution in [3.8, 4) is 0 Å². The van der Waals surface area contributed by atoms with Crippen LogP contribution in [0.4, 0.5) is 5.69 Å². The van der Waals surface area contributed by atoms with E-state index in [1.54, 1.807) is 12.1 Å². The minimum atomic E-state index is -0.574. The zero-order chi connectivity index (χ0) is 13.5. The number of alkyl halides is 2. The predicted octanol–water partition coefficient (Wildman–Crippen LogP) is 3.59. The van der Waals surface area contributed by atoms with Gasteiger partial charge in [-0.25, -0.2) is 4.79 Å². The number of benzene rings is 1. The molecule has 0 aliphatic rings. The fourth-order valence-corrected chi connectivity index (χ4v) is 2.18. The highest BCUT2D eigenvalue weighted by molar-refractivity contribution is 6.18. The van der Waals surface area contributed by atoms with Gasteiger partial charge < -0.3 is 9.19 Å². The molecule has 0 aromatic heterocycles. The third-order valence-electron chi connectivity index (χ3n) is 2.56. The molecule has 1 aromatic rings. The van der Waals surface area contributed by atoms with Crippen LogP contribution in [0.15, 0.2) is 18.2 Å². The van der Waals surface area contributed by atoms with E-state index in [0.29, 0.717) is 30.4 Å². The van der Waals surface area contributed by atoms with Crippen molar-refractivity contribution in [2.24, 2.45) is 0 Å². The minimum absolute atomic E-state index is 0.403.